The van der Waals surface area contributed by atoms with Gasteiger partial charge < -0.3 is 10.3 Å². The maximum Gasteiger partial charge on any atom is 0.326 e. The first-order chi connectivity index (χ1) is 9.24. The van der Waals surface area contributed by atoms with Gasteiger partial charge >= 0.3 is 5.69 Å². The Balaban J connectivity index is 0.00000115. The Morgan fingerprint density at radius 1 is 1.30 bits per heavy atom. The van der Waals surface area contributed by atoms with Gasteiger partial charge in [0.05, 0.1) is 5.69 Å². The van der Waals surface area contributed by atoms with Crippen LogP contribution < -0.4 is 11.0 Å². The first kappa shape index (κ1) is 19.1. The molecule has 0 atom stereocenters. The van der Waals surface area contributed by atoms with Crippen LogP contribution >= 0.6 is 13.5 Å². The third kappa shape index (κ3) is 4.56. The van der Waals surface area contributed by atoms with Crippen molar-refractivity contribution < 1.29 is 0 Å². The second-order valence-corrected chi connectivity index (χ2v) is 4.60. The highest BCUT2D eigenvalue weighted by Gasteiger charge is 2.20. The highest BCUT2D eigenvalue weighted by atomic mass is 32.1. The number of allylic oxidation sites excluding steroid dienone is 1. The number of aromatic nitrogens is 2. The van der Waals surface area contributed by atoms with Gasteiger partial charge in [-0.15, -0.1) is 0 Å². The number of hydrogen-bond acceptors (Lipinski definition) is 2. The Morgan fingerprint density at radius 2 is 1.90 bits per heavy atom. The van der Waals surface area contributed by atoms with Gasteiger partial charge in [-0.3, -0.25) is 4.57 Å². The summed E-state index contributed by atoms with van der Waals surface area (Å²) in [7, 11) is 0. The van der Waals surface area contributed by atoms with Gasteiger partial charge in [0.15, 0.2) is 0 Å². The number of aryl methyl sites for hydroxylation is 1. The fourth-order valence-electron chi connectivity index (χ4n) is 2.44. The normalized spacial score (nSPS) is 15.6. The minimum Gasteiger partial charge on any atom is -0.317 e. The van der Waals surface area contributed by atoms with Crippen LogP contribution in [0.2, 0.25) is 0 Å². The van der Waals surface area contributed by atoms with E-state index >= 15 is 0 Å². The topological polar surface area (TPSA) is 49.8 Å². The SMILES string of the molecule is CC.CC/C=C\c1c(C)[nH]c(=O)n1C1CCNCC1.S. The van der Waals surface area contributed by atoms with E-state index in [4.69, 9.17) is 0 Å². The average Bonchev–Trinajstić information content (AvgIpc) is 2.74. The fraction of sp³-hybridized carbons (Fsp3) is 0.667. The maximum atomic E-state index is 12.0. The van der Waals surface area contributed by atoms with Crippen molar-refractivity contribution in [3.05, 3.63) is 27.9 Å². The molecule has 4 nitrogen and oxygen atoms in total. The lowest BCUT2D eigenvalue weighted by Gasteiger charge is -2.24. The summed E-state index contributed by atoms with van der Waals surface area (Å²) in [5.74, 6) is 0. The van der Waals surface area contributed by atoms with E-state index < -0.39 is 0 Å². The molecular formula is C15H29N3OS. The van der Waals surface area contributed by atoms with Gasteiger partial charge in [0.25, 0.3) is 0 Å². The van der Waals surface area contributed by atoms with E-state index in [0.29, 0.717) is 6.04 Å². The lowest BCUT2D eigenvalue weighted by atomic mass is 10.1. The highest BCUT2D eigenvalue weighted by molar-refractivity contribution is 7.59. The molecule has 116 valence electrons. The Labute approximate surface area is 129 Å². The summed E-state index contributed by atoms with van der Waals surface area (Å²) < 4.78 is 1.93. The molecule has 2 rings (SSSR count). The molecule has 1 saturated heterocycles. The Bertz CT molecular complexity index is 456. The quantitative estimate of drug-likeness (QED) is 0.901. The minimum atomic E-state index is 0. The predicted molar refractivity (Wildman–Crippen MR) is 92.0 cm³/mol. The van der Waals surface area contributed by atoms with E-state index in [0.717, 1.165) is 43.7 Å². The van der Waals surface area contributed by atoms with Crippen LogP contribution in [0.4, 0.5) is 0 Å². The van der Waals surface area contributed by atoms with Crippen molar-refractivity contribution >= 4 is 19.6 Å². The zero-order valence-corrected chi connectivity index (χ0v) is 14.1. The van der Waals surface area contributed by atoms with Gasteiger partial charge in [0, 0.05) is 11.7 Å². The van der Waals surface area contributed by atoms with E-state index in [-0.39, 0.29) is 19.2 Å². The van der Waals surface area contributed by atoms with Crippen molar-refractivity contribution in [2.75, 3.05) is 13.1 Å². The molecule has 0 bridgehead atoms. The van der Waals surface area contributed by atoms with Crippen LogP contribution in [0, 0.1) is 6.92 Å². The predicted octanol–water partition coefficient (Wildman–Crippen LogP) is 2.97. The van der Waals surface area contributed by atoms with Crippen molar-refractivity contribution in [1.82, 2.24) is 14.9 Å². The largest absolute Gasteiger partial charge is 0.326 e. The number of piperidine rings is 1. The molecule has 0 amide bonds. The van der Waals surface area contributed by atoms with Crippen molar-refractivity contribution in [3.8, 4) is 0 Å². The molecule has 20 heavy (non-hydrogen) atoms. The van der Waals surface area contributed by atoms with Crippen LogP contribution in [0.3, 0.4) is 0 Å². The van der Waals surface area contributed by atoms with Crippen LogP contribution in [0.15, 0.2) is 10.9 Å². The highest BCUT2D eigenvalue weighted by Crippen LogP contribution is 2.20. The third-order valence-corrected chi connectivity index (χ3v) is 3.34. The summed E-state index contributed by atoms with van der Waals surface area (Å²) >= 11 is 0. The molecule has 0 aliphatic carbocycles. The number of hydrogen-bond donors (Lipinski definition) is 2. The number of nitrogens with zero attached hydrogens (tertiary/aromatic N) is 1. The number of nitrogens with one attached hydrogen (secondary N) is 2. The molecule has 5 heteroatoms. The van der Waals surface area contributed by atoms with Gasteiger partial charge in [-0.2, -0.15) is 13.5 Å². The average molecular weight is 299 g/mol. The van der Waals surface area contributed by atoms with Crippen molar-refractivity contribution in [1.29, 1.82) is 0 Å². The van der Waals surface area contributed by atoms with E-state index in [2.05, 4.69) is 29.4 Å². The number of H-pyrrole nitrogens is 1. The third-order valence-electron chi connectivity index (χ3n) is 3.34. The standard InChI is InChI=1S/C13H21N3O.C2H6.H2S/c1-3-4-5-12-10(2)15-13(17)16(12)11-6-8-14-9-7-11;1-2;/h4-5,11,14H,3,6-9H2,1-2H3,(H,15,17);1-2H3;1H2/b5-4-;;. The molecule has 0 aromatic carbocycles. The van der Waals surface area contributed by atoms with Crippen LogP contribution in [0.5, 0.6) is 0 Å². The van der Waals surface area contributed by atoms with Gasteiger partial charge in [-0.25, -0.2) is 4.79 Å². The lowest BCUT2D eigenvalue weighted by molar-refractivity contribution is 0.360. The second-order valence-electron chi connectivity index (χ2n) is 4.60. The van der Waals surface area contributed by atoms with Crippen molar-refractivity contribution in [2.24, 2.45) is 0 Å². The summed E-state index contributed by atoms with van der Waals surface area (Å²) in [6, 6.07) is 0.338. The smallest absolute Gasteiger partial charge is 0.317 e. The zero-order valence-electron chi connectivity index (χ0n) is 13.1. The summed E-state index contributed by atoms with van der Waals surface area (Å²) in [6.45, 7) is 10.1. The summed E-state index contributed by atoms with van der Waals surface area (Å²) in [6.07, 6.45) is 7.22. The molecule has 1 aliphatic rings. The first-order valence-electron chi connectivity index (χ1n) is 7.42. The Morgan fingerprint density at radius 3 is 2.45 bits per heavy atom. The fourth-order valence-corrected chi connectivity index (χ4v) is 2.44. The van der Waals surface area contributed by atoms with E-state index in [1.54, 1.807) is 0 Å². The van der Waals surface area contributed by atoms with Crippen LogP contribution in [-0.4, -0.2) is 22.6 Å². The number of aromatic amines is 1. The van der Waals surface area contributed by atoms with Gasteiger partial charge in [-0.05, 0) is 45.4 Å². The Kier molecular flexibility index (Phi) is 9.42. The van der Waals surface area contributed by atoms with Gasteiger partial charge in [0.1, 0.15) is 0 Å². The van der Waals surface area contributed by atoms with E-state index in [9.17, 15) is 4.79 Å². The molecule has 0 radical (unpaired) electrons. The molecule has 0 spiro atoms. The monoisotopic (exact) mass is 299 g/mol. The number of imidazole rings is 1. The van der Waals surface area contributed by atoms with Gasteiger partial charge in [0.2, 0.25) is 0 Å². The molecule has 2 heterocycles. The second kappa shape index (κ2) is 9.88. The minimum absolute atomic E-state index is 0. The molecule has 0 saturated carbocycles. The van der Waals surface area contributed by atoms with Gasteiger partial charge in [-0.1, -0.05) is 26.8 Å². The Hall–Kier alpha value is -0.940. The summed E-state index contributed by atoms with van der Waals surface area (Å²) in [4.78, 5) is 14.9. The van der Waals surface area contributed by atoms with E-state index in [1.165, 1.54) is 0 Å². The lowest BCUT2D eigenvalue weighted by Crippen LogP contribution is -2.33. The van der Waals surface area contributed by atoms with Crippen LogP contribution in [0.1, 0.15) is 57.5 Å². The first-order valence-corrected chi connectivity index (χ1v) is 7.42. The zero-order chi connectivity index (χ0) is 14.3. The molecule has 0 unspecified atom stereocenters. The van der Waals surface area contributed by atoms with Crippen molar-refractivity contribution in [2.45, 2.75) is 53.0 Å². The van der Waals surface area contributed by atoms with Crippen molar-refractivity contribution in [3.63, 3.8) is 0 Å². The molecule has 2 N–H and O–H groups in total. The molecule has 1 aliphatic heterocycles. The number of rotatable bonds is 3. The maximum absolute atomic E-state index is 12.0. The molecular weight excluding hydrogens is 270 g/mol. The van der Waals surface area contributed by atoms with Crippen LogP contribution in [0.25, 0.3) is 6.08 Å². The summed E-state index contributed by atoms with van der Waals surface area (Å²) in [5.41, 5.74) is 2.05. The van der Waals surface area contributed by atoms with E-state index in [1.807, 2.05) is 25.3 Å². The van der Waals surface area contributed by atoms with Crippen LogP contribution in [-0.2, 0) is 0 Å². The molecule has 1 aromatic rings. The summed E-state index contributed by atoms with van der Waals surface area (Å²) in [5, 5.41) is 3.33. The molecule has 1 aromatic heterocycles. The molecule has 1 fully saturated rings.